The summed E-state index contributed by atoms with van der Waals surface area (Å²) in [6, 6.07) is 18.9. The number of carbonyl (C=O) groups is 2. The Morgan fingerprint density at radius 2 is 1.58 bits per heavy atom. The first-order valence-electron chi connectivity index (χ1n) is 11.7. The molecule has 9 nitrogen and oxygen atoms in total. The summed E-state index contributed by atoms with van der Waals surface area (Å²) in [6.07, 6.45) is 0. The van der Waals surface area contributed by atoms with Crippen molar-refractivity contribution >= 4 is 43.5 Å². The van der Waals surface area contributed by atoms with Crippen LogP contribution in [-0.2, 0) is 26.2 Å². The molecule has 0 fully saturated rings. The summed E-state index contributed by atoms with van der Waals surface area (Å²) in [5.74, 6) is -0.224. The number of benzene rings is 3. The van der Waals surface area contributed by atoms with Gasteiger partial charge in [0.15, 0.2) is 11.5 Å². The molecule has 11 heteroatoms. The van der Waals surface area contributed by atoms with Gasteiger partial charge < -0.3 is 19.7 Å². The van der Waals surface area contributed by atoms with Crippen LogP contribution in [0.15, 0.2) is 82.2 Å². The van der Waals surface area contributed by atoms with Crippen molar-refractivity contribution in [2.75, 3.05) is 32.1 Å². The van der Waals surface area contributed by atoms with Gasteiger partial charge in [-0.3, -0.25) is 13.9 Å². The first kappa shape index (κ1) is 29.0. The Kier molecular flexibility index (Phi) is 9.76. The van der Waals surface area contributed by atoms with Crippen LogP contribution < -0.4 is 19.1 Å². The summed E-state index contributed by atoms with van der Waals surface area (Å²) >= 11 is 3.39. The maximum atomic E-state index is 13.8. The standard InChI is InChI=1S/C27H30BrN3O6S/c1-19(27(33)29-2)30(17-20-10-12-21(28)13-11-20)26(32)18-31(38(34,35)23-8-6-5-7-9-23)22-14-15-24(36-3)25(16-22)37-4/h5-16,19H,17-18H2,1-4H3,(H,29,33)/t19-/m0/s1. The van der Waals surface area contributed by atoms with Crippen LogP contribution in [-0.4, -0.2) is 59.0 Å². The first-order valence-corrected chi connectivity index (χ1v) is 13.9. The summed E-state index contributed by atoms with van der Waals surface area (Å²) in [5, 5.41) is 2.56. The number of sulfonamides is 1. The number of rotatable bonds is 11. The van der Waals surface area contributed by atoms with E-state index in [0.717, 1.165) is 14.3 Å². The van der Waals surface area contributed by atoms with Gasteiger partial charge >= 0.3 is 0 Å². The number of amides is 2. The third kappa shape index (κ3) is 6.65. The summed E-state index contributed by atoms with van der Waals surface area (Å²) in [6.45, 7) is 1.15. The molecule has 0 heterocycles. The molecule has 0 aliphatic rings. The molecule has 0 aliphatic carbocycles. The lowest BCUT2D eigenvalue weighted by Gasteiger charge is -2.32. The molecule has 0 saturated heterocycles. The Morgan fingerprint density at radius 3 is 2.16 bits per heavy atom. The molecule has 0 spiro atoms. The SMILES string of the molecule is CNC(=O)[C@H](C)N(Cc1ccc(Br)cc1)C(=O)CN(c1ccc(OC)c(OC)c1)S(=O)(=O)c1ccccc1. The summed E-state index contributed by atoms with van der Waals surface area (Å²) in [7, 11) is 0.219. The molecule has 3 rings (SSSR count). The average Bonchev–Trinajstić information content (AvgIpc) is 2.94. The van der Waals surface area contributed by atoms with Crippen molar-refractivity contribution in [1.82, 2.24) is 10.2 Å². The second kappa shape index (κ2) is 12.8. The van der Waals surface area contributed by atoms with Gasteiger partial charge in [-0.2, -0.15) is 0 Å². The number of halogens is 1. The predicted octanol–water partition coefficient (Wildman–Crippen LogP) is 3.82. The van der Waals surface area contributed by atoms with Crippen LogP contribution in [0.3, 0.4) is 0 Å². The monoisotopic (exact) mass is 603 g/mol. The van der Waals surface area contributed by atoms with Gasteiger partial charge in [0.1, 0.15) is 12.6 Å². The summed E-state index contributed by atoms with van der Waals surface area (Å²) < 4.78 is 40.1. The Balaban J connectivity index is 2.07. The van der Waals surface area contributed by atoms with E-state index in [9.17, 15) is 18.0 Å². The van der Waals surface area contributed by atoms with Gasteiger partial charge in [-0.25, -0.2) is 8.42 Å². The lowest BCUT2D eigenvalue weighted by atomic mass is 10.1. The van der Waals surface area contributed by atoms with Crippen LogP contribution in [0, 0.1) is 0 Å². The van der Waals surface area contributed by atoms with Crippen molar-refractivity contribution in [2.45, 2.75) is 24.4 Å². The molecule has 202 valence electrons. The van der Waals surface area contributed by atoms with Crippen LogP contribution in [0.2, 0.25) is 0 Å². The number of nitrogens with zero attached hydrogens (tertiary/aromatic N) is 2. The van der Waals surface area contributed by atoms with Crippen LogP contribution >= 0.6 is 15.9 Å². The van der Waals surface area contributed by atoms with Gasteiger partial charge in [0.25, 0.3) is 10.0 Å². The van der Waals surface area contributed by atoms with Crippen molar-refractivity contribution in [2.24, 2.45) is 0 Å². The van der Waals surface area contributed by atoms with Gasteiger partial charge in [-0.05, 0) is 48.9 Å². The largest absolute Gasteiger partial charge is 0.493 e. The van der Waals surface area contributed by atoms with Crippen molar-refractivity contribution in [3.8, 4) is 11.5 Å². The van der Waals surface area contributed by atoms with E-state index < -0.39 is 28.5 Å². The van der Waals surface area contributed by atoms with E-state index in [2.05, 4.69) is 21.2 Å². The highest BCUT2D eigenvalue weighted by Crippen LogP contribution is 2.34. The van der Waals surface area contributed by atoms with Gasteiger partial charge in [0, 0.05) is 24.1 Å². The van der Waals surface area contributed by atoms with E-state index in [1.54, 1.807) is 31.2 Å². The van der Waals surface area contributed by atoms with Crippen LogP contribution in [0.25, 0.3) is 0 Å². The lowest BCUT2D eigenvalue weighted by molar-refractivity contribution is -0.139. The normalized spacial score (nSPS) is 11.8. The van der Waals surface area contributed by atoms with Crippen LogP contribution in [0.1, 0.15) is 12.5 Å². The molecular weight excluding hydrogens is 574 g/mol. The molecule has 0 aromatic heterocycles. The van der Waals surface area contributed by atoms with Crippen molar-refractivity contribution in [3.63, 3.8) is 0 Å². The zero-order valence-corrected chi connectivity index (χ0v) is 24.0. The van der Waals surface area contributed by atoms with Gasteiger partial charge in [0.05, 0.1) is 24.8 Å². The molecule has 0 saturated carbocycles. The molecule has 3 aromatic carbocycles. The highest BCUT2D eigenvalue weighted by molar-refractivity contribution is 9.10. The number of hydrogen-bond donors (Lipinski definition) is 1. The minimum atomic E-state index is -4.17. The molecule has 0 unspecified atom stereocenters. The predicted molar refractivity (Wildman–Crippen MR) is 149 cm³/mol. The maximum absolute atomic E-state index is 13.8. The molecule has 0 radical (unpaired) electrons. The highest BCUT2D eigenvalue weighted by Gasteiger charge is 2.32. The Hall–Kier alpha value is -3.57. The van der Waals surface area contributed by atoms with E-state index in [0.29, 0.717) is 11.5 Å². The highest BCUT2D eigenvalue weighted by atomic mass is 79.9. The number of nitrogens with one attached hydrogen (secondary N) is 1. The third-order valence-electron chi connectivity index (χ3n) is 5.95. The molecule has 2 amide bonds. The number of ether oxygens (including phenoxy) is 2. The van der Waals surface area contributed by atoms with Crippen LogP contribution in [0.5, 0.6) is 11.5 Å². The minimum absolute atomic E-state index is 0.0152. The van der Waals surface area contributed by atoms with E-state index in [4.69, 9.17) is 9.47 Å². The molecule has 1 N–H and O–H groups in total. The van der Waals surface area contributed by atoms with E-state index >= 15 is 0 Å². The number of hydrogen-bond acceptors (Lipinski definition) is 6. The van der Waals surface area contributed by atoms with Crippen molar-refractivity contribution in [3.05, 3.63) is 82.8 Å². The van der Waals surface area contributed by atoms with E-state index in [1.807, 2.05) is 24.3 Å². The molecule has 3 aromatic rings. The fraction of sp³-hybridized carbons (Fsp3) is 0.259. The number of carbonyl (C=O) groups excluding carboxylic acids is 2. The molecule has 38 heavy (non-hydrogen) atoms. The summed E-state index contributed by atoms with van der Waals surface area (Å²) in [5.41, 5.74) is 0.983. The second-order valence-corrected chi connectivity index (χ2v) is 11.1. The molecule has 0 bridgehead atoms. The first-order chi connectivity index (χ1) is 18.1. The van der Waals surface area contributed by atoms with Crippen molar-refractivity contribution < 1.29 is 27.5 Å². The quantitative estimate of drug-likeness (QED) is 0.357. The van der Waals surface area contributed by atoms with Crippen LogP contribution in [0.4, 0.5) is 5.69 Å². The van der Waals surface area contributed by atoms with E-state index in [-0.39, 0.29) is 23.0 Å². The fourth-order valence-corrected chi connectivity index (χ4v) is 5.50. The third-order valence-corrected chi connectivity index (χ3v) is 8.26. The fourth-order valence-electron chi connectivity index (χ4n) is 3.81. The van der Waals surface area contributed by atoms with E-state index in [1.165, 1.54) is 50.4 Å². The number of anilines is 1. The van der Waals surface area contributed by atoms with Gasteiger partial charge in [0.2, 0.25) is 11.8 Å². The van der Waals surface area contributed by atoms with Gasteiger partial charge in [-0.1, -0.05) is 46.3 Å². The molecule has 1 atom stereocenters. The number of methoxy groups -OCH3 is 2. The Bertz CT molecular complexity index is 1370. The smallest absolute Gasteiger partial charge is 0.264 e. The zero-order chi connectivity index (χ0) is 27.9. The molecular formula is C27H30BrN3O6S. The summed E-state index contributed by atoms with van der Waals surface area (Å²) in [4.78, 5) is 27.7. The maximum Gasteiger partial charge on any atom is 0.264 e. The average molecular weight is 605 g/mol. The topological polar surface area (TPSA) is 105 Å². The second-order valence-electron chi connectivity index (χ2n) is 8.30. The Labute approximate surface area is 231 Å². The zero-order valence-electron chi connectivity index (χ0n) is 21.5. The lowest BCUT2D eigenvalue weighted by Crippen LogP contribution is -2.50. The minimum Gasteiger partial charge on any atom is -0.493 e. The van der Waals surface area contributed by atoms with Gasteiger partial charge in [-0.15, -0.1) is 0 Å². The van der Waals surface area contributed by atoms with Crippen molar-refractivity contribution in [1.29, 1.82) is 0 Å². The Morgan fingerprint density at radius 1 is 0.947 bits per heavy atom. The number of likely N-dealkylation sites (N-methyl/N-ethyl adjacent to an activating group) is 1. The molecule has 0 aliphatic heterocycles.